The SMILES string of the molecule is N[C@H]1CC[C@@H](C(=O)N2CCN(Cc3ccccn3)CC2)C1. The van der Waals surface area contributed by atoms with Crippen molar-refractivity contribution in [2.24, 2.45) is 11.7 Å². The van der Waals surface area contributed by atoms with Gasteiger partial charge in [0, 0.05) is 50.9 Å². The minimum Gasteiger partial charge on any atom is -0.340 e. The molecule has 2 fully saturated rings. The molecule has 3 rings (SSSR count). The maximum Gasteiger partial charge on any atom is 0.225 e. The monoisotopic (exact) mass is 288 g/mol. The molecule has 114 valence electrons. The van der Waals surface area contributed by atoms with E-state index in [0.29, 0.717) is 5.91 Å². The highest BCUT2D eigenvalue weighted by Crippen LogP contribution is 2.26. The number of carbonyl (C=O) groups excluding carboxylic acids is 1. The highest BCUT2D eigenvalue weighted by atomic mass is 16.2. The molecule has 1 saturated carbocycles. The molecule has 2 atom stereocenters. The van der Waals surface area contributed by atoms with Crippen LogP contribution in [-0.2, 0) is 11.3 Å². The smallest absolute Gasteiger partial charge is 0.225 e. The summed E-state index contributed by atoms with van der Waals surface area (Å²) < 4.78 is 0. The van der Waals surface area contributed by atoms with Crippen LogP contribution in [0.25, 0.3) is 0 Å². The second-order valence-electron chi connectivity index (χ2n) is 6.19. The molecule has 1 saturated heterocycles. The van der Waals surface area contributed by atoms with Gasteiger partial charge in [-0.05, 0) is 31.4 Å². The third kappa shape index (κ3) is 3.60. The van der Waals surface area contributed by atoms with E-state index in [-0.39, 0.29) is 12.0 Å². The molecule has 0 aromatic carbocycles. The highest BCUT2D eigenvalue weighted by molar-refractivity contribution is 5.79. The minimum absolute atomic E-state index is 0.169. The summed E-state index contributed by atoms with van der Waals surface area (Å²) in [5, 5.41) is 0. The zero-order chi connectivity index (χ0) is 14.7. The first-order chi connectivity index (χ1) is 10.2. The lowest BCUT2D eigenvalue weighted by Gasteiger charge is -2.35. The van der Waals surface area contributed by atoms with Gasteiger partial charge in [0.25, 0.3) is 0 Å². The summed E-state index contributed by atoms with van der Waals surface area (Å²) in [7, 11) is 0. The highest BCUT2D eigenvalue weighted by Gasteiger charge is 2.32. The second-order valence-corrected chi connectivity index (χ2v) is 6.19. The Labute approximate surface area is 126 Å². The largest absolute Gasteiger partial charge is 0.340 e. The Morgan fingerprint density at radius 3 is 2.67 bits per heavy atom. The number of piperazine rings is 1. The summed E-state index contributed by atoms with van der Waals surface area (Å²) in [6.07, 6.45) is 4.66. The van der Waals surface area contributed by atoms with Crippen molar-refractivity contribution < 1.29 is 4.79 Å². The molecule has 1 aromatic heterocycles. The summed E-state index contributed by atoms with van der Waals surface area (Å²) in [5.74, 6) is 0.489. The first-order valence-corrected chi connectivity index (χ1v) is 7.89. The van der Waals surface area contributed by atoms with Crippen molar-refractivity contribution in [3.8, 4) is 0 Å². The van der Waals surface area contributed by atoms with Gasteiger partial charge in [-0.15, -0.1) is 0 Å². The fourth-order valence-electron chi connectivity index (χ4n) is 3.35. The average molecular weight is 288 g/mol. The molecule has 0 radical (unpaired) electrons. The lowest BCUT2D eigenvalue weighted by molar-refractivity contribution is -0.137. The maximum absolute atomic E-state index is 12.5. The Morgan fingerprint density at radius 1 is 1.24 bits per heavy atom. The van der Waals surface area contributed by atoms with E-state index in [9.17, 15) is 4.79 Å². The van der Waals surface area contributed by atoms with Gasteiger partial charge in [-0.25, -0.2) is 0 Å². The predicted octanol–water partition coefficient (Wildman–Crippen LogP) is 0.853. The van der Waals surface area contributed by atoms with Gasteiger partial charge < -0.3 is 10.6 Å². The van der Waals surface area contributed by atoms with Crippen LogP contribution in [0, 0.1) is 5.92 Å². The van der Waals surface area contributed by atoms with Crippen molar-refractivity contribution >= 4 is 5.91 Å². The quantitative estimate of drug-likeness (QED) is 0.896. The average Bonchev–Trinajstić information content (AvgIpc) is 2.95. The predicted molar refractivity (Wildman–Crippen MR) is 81.4 cm³/mol. The molecule has 2 N–H and O–H groups in total. The van der Waals surface area contributed by atoms with E-state index in [1.807, 2.05) is 23.2 Å². The number of pyridine rings is 1. The Bertz CT molecular complexity index is 470. The number of amides is 1. The van der Waals surface area contributed by atoms with Crippen molar-refractivity contribution in [2.45, 2.75) is 31.8 Å². The molecule has 1 aliphatic heterocycles. The summed E-state index contributed by atoms with van der Waals surface area (Å²) in [5.41, 5.74) is 7.01. The number of nitrogens with zero attached hydrogens (tertiary/aromatic N) is 3. The molecule has 1 aliphatic carbocycles. The molecular weight excluding hydrogens is 264 g/mol. The molecular formula is C16H24N4O. The zero-order valence-corrected chi connectivity index (χ0v) is 12.4. The van der Waals surface area contributed by atoms with E-state index in [1.165, 1.54) is 0 Å². The Morgan fingerprint density at radius 2 is 2.05 bits per heavy atom. The third-order valence-electron chi connectivity index (χ3n) is 4.62. The van der Waals surface area contributed by atoms with Crippen LogP contribution in [0.2, 0.25) is 0 Å². The molecule has 5 nitrogen and oxygen atoms in total. The first kappa shape index (κ1) is 14.5. The van der Waals surface area contributed by atoms with Crippen LogP contribution in [-0.4, -0.2) is 52.9 Å². The van der Waals surface area contributed by atoms with Crippen molar-refractivity contribution in [2.75, 3.05) is 26.2 Å². The van der Waals surface area contributed by atoms with Crippen LogP contribution >= 0.6 is 0 Å². The van der Waals surface area contributed by atoms with E-state index >= 15 is 0 Å². The Kier molecular flexibility index (Phi) is 4.51. The number of aromatic nitrogens is 1. The Hall–Kier alpha value is -1.46. The van der Waals surface area contributed by atoms with Crippen molar-refractivity contribution in [1.82, 2.24) is 14.8 Å². The van der Waals surface area contributed by atoms with E-state index in [1.54, 1.807) is 0 Å². The van der Waals surface area contributed by atoms with Crippen LogP contribution in [0.5, 0.6) is 0 Å². The van der Waals surface area contributed by atoms with Gasteiger partial charge >= 0.3 is 0 Å². The van der Waals surface area contributed by atoms with Crippen molar-refractivity contribution in [3.05, 3.63) is 30.1 Å². The molecule has 5 heteroatoms. The first-order valence-electron chi connectivity index (χ1n) is 7.89. The molecule has 1 aromatic rings. The molecule has 1 amide bonds. The fourth-order valence-corrected chi connectivity index (χ4v) is 3.35. The standard InChI is InChI=1S/C16H24N4O/c17-14-5-4-13(11-14)16(21)20-9-7-19(8-10-20)12-15-3-1-2-6-18-15/h1-3,6,13-14H,4-5,7-12,17H2/t13-,14+/m1/s1. The fraction of sp³-hybridized carbons (Fsp3) is 0.625. The lowest BCUT2D eigenvalue weighted by atomic mass is 10.1. The van der Waals surface area contributed by atoms with Gasteiger partial charge in [0.05, 0.1) is 5.69 Å². The van der Waals surface area contributed by atoms with Crippen LogP contribution in [0.4, 0.5) is 0 Å². The normalized spacial score (nSPS) is 27.0. The van der Waals surface area contributed by atoms with Gasteiger partial charge in [0.15, 0.2) is 0 Å². The zero-order valence-electron chi connectivity index (χ0n) is 12.4. The van der Waals surface area contributed by atoms with Crippen LogP contribution < -0.4 is 5.73 Å². The number of rotatable bonds is 3. The van der Waals surface area contributed by atoms with Gasteiger partial charge in [-0.2, -0.15) is 0 Å². The lowest BCUT2D eigenvalue weighted by Crippen LogP contribution is -2.49. The van der Waals surface area contributed by atoms with Crippen LogP contribution in [0.3, 0.4) is 0 Å². The summed E-state index contributed by atoms with van der Waals surface area (Å²) in [6, 6.07) is 6.24. The summed E-state index contributed by atoms with van der Waals surface area (Å²) in [6.45, 7) is 4.40. The number of hydrogen-bond acceptors (Lipinski definition) is 4. The Balaban J connectivity index is 1.47. The third-order valence-corrected chi connectivity index (χ3v) is 4.62. The molecule has 2 aliphatic rings. The van der Waals surface area contributed by atoms with E-state index < -0.39 is 0 Å². The van der Waals surface area contributed by atoms with Gasteiger partial charge in [0.1, 0.15) is 0 Å². The molecule has 2 heterocycles. The van der Waals surface area contributed by atoms with Crippen LogP contribution in [0.1, 0.15) is 25.0 Å². The van der Waals surface area contributed by atoms with Gasteiger partial charge in [0.2, 0.25) is 5.91 Å². The number of nitrogens with two attached hydrogens (primary N) is 1. The summed E-state index contributed by atoms with van der Waals surface area (Å²) in [4.78, 5) is 21.2. The van der Waals surface area contributed by atoms with E-state index in [2.05, 4.69) is 16.0 Å². The van der Waals surface area contributed by atoms with Crippen molar-refractivity contribution in [1.29, 1.82) is 0 Å². The molecule has 0 unspecified atom stereocenters. The van der Waals surface area contributed by atoms with E-state index in [4.69, 9.17) is 5.73 Å². The molecule has 21 heavy (non-hydrogen) atoms. The van der Waals surface area contributed by atoms with Crippen LogP contribution in [0.15, 0.2) is 24.4 Å². The second kappa shape index (κ2) is 6.54. The topological polar surface area (TPSA) is 62.5 Å². The van der Waals surface area contributed by atoms with Gasteiger partial charge in [-0.1, -0.05) is 6.07 Å². The minimum atomic E-state index is 0.169. The summed E-state index contributed by atoms with van der Waals surface area (Å²) >= 11 is 0. The van der Waals surface area contributed by atoms with Crippen molar-refractivity contribution in [3.63, 3.8) is 0 Å². The van der Waals surface area contributed by atoms with Gasteiger partial charge in [-0.3, -0.25) is 14.7 Å². The number of carbonyl (C=O) groups is 1. The number of hydrogen-bond donors (Lipinski definition) is 1. The maximum atomic E-state index is 12.5. The molecule has 0 bridgehead atoms. The molecule has 0 spiro atoms. The van der Waals surface area contributed by atoms with E-state index in [0.717, 1.165) is 57.7 Å².